The first-order valence-electron chi connectivity index (χ1n) is 9.83. The summed E-state index contributed by atoms with van der Waals surface area (Å²) in [6, 6.07) is 15.2. The highest BCUT2D eigenvalue weighted by Crippen LogP contribution is 2.44. The number of carboxylic acid groups (broad SMARTS) is 1. The van der Waals surface area contributed by atoms with Crippen LogP contribution in [0.2, 0.25) is 0 Å². The molecule has 1 aliphatic rings. The average Bonchev–Trinajstić information content (AvgIpc) is 3.08. The average molecular weight is 460 g/mol. The number of aliphatic carboxylic acids is 1. The fraction of sp³-hybridized carbons (Fsp3) is 0.261. The Balaban J connectivity index is 1.58. The summed E-state index contributed by atoms with van der Waals surface area (Å²) in [5.41, 5.74) is 3.90. The Hall–Kier alpha value is -4.00. The van der Waals surface area contributed by atoms with Crippen molar-refractivity contribution in [3.8, 4) is 23.0 Å². The first-order valence-corrected chi connectivity index (χ1v) is 9.83. The van der Waals surface area contributed by atoms with Crippen LogP contribution in [0.5, 0.6) is 0 Å². The summed E-state index contributed by atoms with van der Waals surface area (Å²) in [5.74, 6) is -2.08. The third kappa shape index (κ3) is 5.83. The van der Waals surface area contributed by atoms with Crippen molar-refractivity contribution in [2.75, 3.05) is 19.7 Å². The van der Waals surface area contributed by atoms with E-state index in [0.717, 1.165) is 22.3 Å². The molecule has 172 valence electrons. The lowest BCUT2D eigenvalue weighted by molar-refractivity contribution is -0.181. The molecule has 2 aromatic rings. The van der Waals surface area contributed by atoms with Crippen LogP contribution >= 0.6 is 0 Å². The van der Waals surface area contributed by atoms with E-state index in [-0.39, 0.29) is 12.5 Å². The zero-order valence-corrected chi connectivity index (χ0v) is 17.1. The van der Waals surface area contributed by atoms with Crippen LogP contribution in [0, 0.1) is 17.8 Å². The van der Waals surface area contributed by atoms with E-state index >= 15 is 0 Å². The molecule has 0 aromatic heterocycles. The molecule has 3 N–H and O–H groups in total. The van der Waals surface area contributed by atoms with Crippen LogP contribution in [0.3, 0.4) is 0 Å². The molecular weight excluding hydrogens is 441 g/mol. The standard InChI is InChI=1S/C23H19F3N2O5/c24-23(25,26)19(21(31)27-11-5-10-20(29)30)12-28-22(32)33-13-18-16-8-3-1-6-14(16)15-7-2-4-9-17(15)18/h1-4,6-9,18-19H,11-13H2,(H,27,31)(H,28,32)(H,29,30). The smallest absolute Gasteiger partial charge is 0.407 e. The highest BCUT2D eigenvalue weighted by molar-refractivity contribution is 5.86. The molecule has 7 nitrogen and oxygen atoms in total. The summed E-state index contributed by atoms with van der Waals surface area (Å²) < 4.78 is 44.9. The highest BCUT2D eigenvalue weighted by Gasteiger charge is 2.45. The molecule has 0 saturated heterocycles. The first-order chi connectivity index (χ1) is 15.7. The topological polar surface area (TPSA) is 105 Å². The second kappa shape index (κ2) is 10.1. The zero-order valence-electron chi connectivity index (χ0n) is 17.1. The Morgan fingerprint density at radius 2 is 1.58 bits per heavy atom. The van der Waals surface area contributed by atoms with Gasteiger partial charge in [-0.2, -0.15) is 13.2 Å². The number of halogens is 3. The maximum absolute atomic E-state index is 13.2. The lowest BCUT2D eigenvalue weighted by Crippen LogP contribution is -2.46. The molecule has 1 aliphatic carbocycles. The third-order valence-corrected chi connectivity index (χ3v) is 5.05. The van der Waals surface area contributed by atoms with E-state index in [0.29, 0.717) is 0 Å². The minimum atomic E-state index is -4.94. The minimum Gasteiger partial charge on any atom is -0.472 e. The van der Waals surface area contributed by atoms with Gasteiger partial charge in [-0.3, -0.25) is 4.79 Å². The lowest BCUT2D eigenvalue weighted by atomic mass is 9.98. The van der Waals surface area contributed by atoms with E-state index in [2.05, 4.69) is 0 Å². The predicted octanol–water partition coefficient (Wildman–Crippen LogP) is 2.91. The molecule has 33 heavy (non-hydrogen) atoms. The fourth-order valence-corrected chi connectivity index (χ4v) is 3.57. The number of fused-ring (bicyclic) bond motifs is 3. The van der Waals surface area contributed by atoms with Gasteiger partial charge in [0.15, 0.2) is 5.92 Å². The molecule has 0 aliphatic heterocycles. The molecule has 10 heteroatoms. The minimum absolute atomic E-state index is 0.0898. The summed E-state index contributed by atoms with van der Waals surface area (Å²) in [6.07, 6.45) is -6.04. The van der Waals surface area contributed by atoms with Crippen molar-refractivity contribution in [1.29, 1.82) is 0 Å². The van der Waals surface area contributed by atoms with Crippen LogP contribution in [-0.2, 0) is 14.3 Å². The summed E-state index contributed by atoms with van der Waals surface area (Å²) in [6.45, 7) is -1.71. The number of carbonyl (C=O) groups is 3. The molecule has 0 radical (unpaired) electrons. The fourth-order valence-electron chi connectivity index (χ4n) is 3.57. The van der Waals surface area contributed by atoms with Gasteiger partial charge < -0.3 is 20.5 Å². The van der Waals surface area contributed by atoms with Gasteiger partial charge in [0.05, 0.1) is 6.54 Å². The normalized spacial score (nSPS) is 13.1. The second-order valence-corrected chi connectivity index (χ2v) is 7.13. The van der Waals surface area contributed by atoms with Crippen LogP contribution < -0.4 is 10.6 Å². The molecule has 2 aromatic carbocycles. The molecule has 3 rings (SSSR count). The van der Waals surface area contributed by atoms with Crippen molar-refractivity contribution in [3.63, 3.8) is 0 Å². The number of benzene rings is 2. The van der Waals surface area contributed by atoms with Crippen LogP contribution in [0.15, 0.2) is 48.5 Å². The second-order valence-electron chi connectivity index (χ2n) is 7.13. The maximum Gasteiger partial charge on any atom is 0.407 e. The number of nitrogens with one attached hydrogen (secondary N) is 2. The molecule has 0 spiro atoms. The summed E-state index contributed by atoms with van der Waals surface area (Å²) >= 11 is 0. The van der Waals surface area contributed by atoms with E-state index in [4.69, 9.17) is 9.84 Å². The van der Waals surface area contributed by atoms with Crippen LogP contribution in [0.25, 0.3) is 11.1 Å². The van der Waals surface area contributed by atoms with Crippen LogP contribution in [0.1, 0.15) is 17.0 Å². The van der Waals surface area contributed by atoms with Crippen molar-refractivity contribution >= 4 is 18.0 Å². The summed E-state index contributed by atoms with van der Waals surface area (Å²) in [5, 5.41) is 12.2. The van der Waals surface area contributed by atoms with E-state index in [1.54, 1.807) is 5.92 Å². The molecule has 0 fully saturated rings. The van der Waals surface area contributed by atoms with E-state index in [1.807, 2.05) is 65.1 Å². The number of carboxylic acids is 1. The number of hydrogen-bond donors (Lipinski definition) is 3. The molecule has 1 atom stereocenters. The lowest BCUT2D eigenvalue weighted by Gasteiger charge is -2.20. The number of amides is 2. The molecule has 0 heterocycles. The quantitative estimate of drug-likeness (QED) is 0.575. The van der Waals surface area contributed by atoms with Gasteiger partial charge in [-0.05, 0) is 22.3 Å². The van der Waals surface area contributed by atoms with Gasteiger partial charge in [-0.15, -0.1) is 0 Å². The Morgan fingerprint density at radius 1 is 1.00 bits per heavy atom. The van der Waals surface area contributed by atoms with Crippen LogP contribution in [0.4, 0.5) is 18.0 Å². The van der Waals surface area contributed by atoms with Gasteiger partial charge in [-0.25, -0.2) is 9.59 Å². The van der Waals surface area contributed by atoms with E-state index in [1.165, 1.54) is 0 Å². The molecule has 0 bridgehead atoms. The largest absolute Gasteiger partial charge is 0.472 e. The van der Waals surface area contributed by atoms with Crippen molar-refractivity contribution in [1.82, 2.24) is 10.6 Å². The number of carbonyl (C=O) groups excluding carboxylic acids is 2. The monoisotopic (exact) mass is 460 g/mol. The van der Waals surface area contributed by atoms with Crippen molar-refractivity contribution < 1.29 is 37.4 Å². The number of ether oxygens (including phenoxy) is 1. The Kier molecular flexibility index (Phi) is 7.23. The number of rotatable bonds is 6. The molecule has 0 saturated carbocycles. The maximum atomic E-state index is 13.2. The molecule has 2 amide bonds. The van der Waals surface area contributed by atoms with E-state index < -0.39 is 43.2 Å². The van der Waals surface area contributed by atoms with Gasteiger partial charge in [0.25, 0.3) is 0 Å². The Morgan fingerprint density at radius 3 is 2.12 bits per heavy atom. The summed E-state index contributed by atoms with van der Waals surface area (Å²) in [7, 11) is 0. The number of alkyl carbamates (subject to hydrolysis) is 1. The van der Waals surface area contributed by atoms with Gasteiger partial charge >= 0.3 is 18.2 Å². The Labute approximate surface area is 186 Å². The van der Waals surface area contributed by atoms with Crippen molar-refractivity contribution in [3.05, 3.63) is 59.7 Å². The third-order valence-electron chi connectivity index (χ3n) is 5.05. The Bertz CT molecular complexity index is 1080. The van der Waals surface area contributed by atoms with Gasteiger partial charge in [0, 0.05) is 18.4 Å². The van der Waals surface area contributed by atoms with Crippen molar-refractivity contribution in [2.45, 2.75) is 12.1 Å². The zero-order chi connectivity index (χ0) is 24.0. The molecule has 1 unspecified atom stereocenters. The summed E-state index contributed by atoms with van der Waals surface area (Å²) in [4.78, 5) is 34.2. The molecular formula is C23H19F3N2O5. The van der Waals surface area contributed by atoms with Gasteiger partial charge in [-0.1, -0.05) is 54.5 Å². The highest BCUT2D eigenvalue weighted by atomic mass is 19.4. The van der Waals surface area contributed by atoms with Gasteiger partial charge in [0.2, 0.25) is 5.91 Å². The number of hydrogen-bond acceptors (Lipinski definition) is 4. The van der Waals surface area contributed by atoms with Crippen molar-refractivity contribution in [2.24, 2.45) is 5.92 Å². The van der Waals surface area contributed by atoms with Gasteiger partial charge in [0.1, 0.15) is 6.61 Å². The first kappa shape index (κ1) is 23.7. The SMILES string of the molecule is O=C(O)C#CCNC(=O)C(CNC(=O)OCC1c2ccccc2-c2ccccc21)C(F)(F)F. The predicted molar refractivity (Wildman–Crippen MR) is 111 cm³/mol. The number of alkyl halides is 3. The van der Waals surface area contributed by atoms with Crippen LogP contribution in [-0.4, -0.2) is 48.9 Å². The van der Waals surface area contributed by atoms with E-state index in [9.17, 15) is 27.6 Å².